The average molecular weight is 311 g/mol. The van der Waals surface area contributed by atoms with Crippen molar-refractivity contribution < 1.29 is 4.74 Å². The third-order valence-electron chi connectivity index (χ3n) is 4.17. The van der Waals surface area contributed by atoms with Gasteiger partial charge in [-0.1, -0.05) is 51.1 Å². The summed E-state index contributed by atoms with van der Waals surface area (Å²) in [5, 5.41) is 0. The number of hydrogen-bond donors (Lipinski definition) is 0. The second kappa shape index (κ2) is 7.54. The molecule has 0 spiro atoms. The third-order valence-corrected chi connectivity index (χ3v) is 4.17. The molecule has 0 aromatic heterocycles. The quantitative estimate of drug-likeness (QED) is 0.707. The van der Waals surface area contributed by atoms with E-state index >= 15 is 0 Å². The minimum atomic E-state index is 0.192. The van der Waals surface area contributed by atoms with Crippen molar-refractivity contribution in [3.05, 3.63) is 59.7 Å². The molecule has 0 atom stereocenters. The fraction of sp³-hybridized carbons (Fsp3) is 0.429. The molecule has 0 heterocycles. The molecule has 0 aliphatic heterocycles. The van der Waals surface area contributed by atoms with Gasteiger partial charge in [-0.05, 0) is 42.5 Å². The Bertz CT molecular complexity index is 606. The molecule has 0 fully saturated rings. The van der Waals surface area contributed by atoms with E-state index in [0.29, 0.717) is 6.61 Å². The zero-order valence-electron chi connectivity index (χ0n) is 15.1. The predicted octanol–water partition coefficient (Wildman–Crippen LogP) is 5.41. The summed E-state index contributed by atoms with van der Waals surface area (Å²) in [6.07, 6.45) is 0. The third kappa shape index (κ3) is 4.75. The first kappa shape index (κ1) is 17.4. The summed E-state index contributed by atoms with van der Waals surface area (Å²) in [6.45, 7) is 13.7. The van der Waals surface area contributed by atoms with Crippen LogP contribution in [0.4, 0.5) is 5.69 Å². The zero-order chi connectivity index (χ0) is 16.9. The first-order chi connectivity index (χ1) is 10.9. The minimum Gasteiger partial charge on any atom is -0.489 e. The van der Waals surface area contributed by atoms with E-state index in [-0.39, 0.29) is 5.41 Å². The van der Waals surface area contributed by atoms with E-state index in [2.05, 4.69) is 82.0 Å². The van der Waals surface area contributed by atoms with Crippen LogP contribution >= 0.6 is 0 Å². The normalized spacial score (nSPS) is 11.3. The lowest BCUT2D eigenvalue weighted by molar-refractivity contribution is 0.306. The number of nitrogens with zero attached hydrogens (tertiary/aromatic N) is 1. The molecule has 2 aromatic rings. The SMILES string of the molecule is CCN(CC)c1cccc(OCc2ccc(C(C)(C)C)cc2)c1. The topological polar surface area (TPSA) is 12.5 Å². The van der Waals surface area contributed by atoms with Gasteiger partial charge in [0, 0.05) is 24.8 Å². The highest BCUT2D eigenvalue weighted by atomic mass is 16.5. The highest BCUT2D eigenvalue weighted by Crippen LogP contribution is 2.24. The highest BCUT2D eigenvalue weighted by molar-refractivity contribution is 5.50. The Hall–Kier alpha value is -1.96. The summed E-state index contributed by atoms with van der Waals surface area (Å²) < 4.78 is 5.97. The Balaban J connectivity index is 2.02. The molecule has 0 saturated heterocycles. The van der Waals surface area contributed by atoms with Crippen LogP contribution in [0, 0.1) is 0 Å². The molecular formula is C21H29NO. The Kier molecular flexibility index (Phi) is 5.70. The number of rotatable bonds is 6. The van der Waals surface area contributed by atoms with Gasteiger partial charge in [0.1, 0.15) is 12.4 Å². The second-order valence-corrected chi connectivity index (χ2v) is 6.91. The maximum atomic E-state index is 5.97. The van der Waals surface area contributed by atoms with E-state index in [4.69, 9.17) is 4.74 Å². The molecule has 0 aliphatic carbocycles. The summed E-state index contributed by atoms with van der Waals surface area (Å²) in [7, 11) is 0. The van der Waals surface area contributed by atoms with Crippen molar-refractivity contribution in [3.8, 4) is 5.75 Å². The van der Waals surface area contributed by atoms with E-state index < -0.39 is 0 Å². The maximum Gasteiger partial charge on any atom is 0.121 e. The van der Waals surface area contributed by atoms with Crippen LogP contribution < -0.4 is 9.64 Å². The number of anilines is 1. The van der Waals surface area contributed by atoms with Crippen molar-refractivity contribution >= 4 is 5.69 Å². The molecule has 2 aromatic carbocycles. The van der Waals surface area contributed by atoms with E-state index in [1.807, 2.05) is 6.07 Å². The van der Waals surface area contributed by atoms with Gasteiger partial charge in [0.2, 0.25) is 0 Å². The van der Waals surface area contributed by atoms with Crippen LogP contribution in [0.3, 0.4) is 0 Å². The fourth-order valence-corrected chi connectivity index (χ4v) is 2.63. The molecule has 23 heavy (non-hydrogen) atoms. The van der Waals surface area contributed by atoms with Crippen molar-refractivity contribution in [2.45, 2.75) is 46.6 Å². The van der Waals surface area contributed by atoms with Crippen LogP contribution in [0.2, 0.25) is 0 Å². The standard InChI is InChI=1S/C21H29NO/c1-6-22(7-2)19-9-8-10-20(15-19)23-16-17-11-13-18(14-12-17)21(3,4)5/h8-15H,6-7,16H2,1-5H3. The molecule has 2 rings (SSSR count). The van der Waals surface area contributed by atoms with Crippen LogP contribution in [0.25, 0.3) is 0 Å². The lowest BCUT2D eigenvalue weighted by Gasteiger charge is -2.21. The van der Waals surface area contributed by atoms with E-state index in [1.54, 1.807) is 0 Å². The second-order valence-electron chi connectivity index (χ2n) is 6.91. The lowest BCUT2D eigenvalue weighted by Crippen LogP contribution is -2.21. The summed E-state index contributed by atoms with van der Waals surface area (Å²) in [6, 6.07) is 17.1. The van der Waals surface area contributed by atoms with Crippen LogP contribution in [-0.4, -0.2) is 13.1 Å². The molecule has 0 unspecified atom stereocenters. The van der Waals surface area contributed by atoms with Gasteiger partial charge in [-0.25, -0.2) is 0 Å². The zero-order valence-corrected chi connectivity index (χ0v) is 15.1. The Labute approximate surface area is 141 Å². The lowest BCUT2D eigenvalue weighted by atomic mass is 9.87. The highest BCUT2D eigenvalue weighted by Gasteiger charge is 2.12. The average Bonchev–Trinajstić information content (AvgIpc) is 2.54. The van der Waals surface area contributed by atoms with E-state index in [0.717, 1.165) is 18.8 Å². The molecular weight excluding hydrogens is 282 g/mol. The van der Waals surface area contributed by atoms with Gasteiger partial charge in [0.05, 0.1) is 0 Å². The number of hydrogen-bond acceptors (Lipinski definition) is 2. The van der Waals surface area contributed by atoms with Crippen molar-refractivity contribution in [1.29, 1.82) is 0 Å². The van der Waals surface area contributed by atoms with E-state index in [1.165, 1.54) is 16.8 Å². The molecule has 0 bridgehead atoms. The van der Waals surface area contributed by atoms with Gasteiger partial charge in [0.15, 0.2) is 0 Å². The van der Waals surface area contributed by atoms with Gasteiger partial charge in [-0.2, -0.15) is 0 Å². The Morgan fingerprint density at radius 2 is 1.57 bits per heavy atom. The van der Waals surface area contributed by atoms with Crippen molar-refractivity contribution in [2.24, 2.45) is 0 Å². The molecule has 124 valence electrons. The van der Waals surface area contributed by atoms with Gasteiger partial charge < -0.3 is 9.64 Å². The first-order valence-corrected chi connectivity index (χ1v) is 8.51. The Morgan fingerprint density at radius 3 is 2.13 bits per heavy atom. The van der Waals surface area contributed by atoms with Gasteiger partial charge in [0.25, 0.3) is 0 Å². The summed E-state index contributed by atoms with van der Waals surface area (Å²) in [5.41, 5.74) is 3.96. The monoisotopic (exact) mass is 311 g/mol. The number of benzene rings is 2. The van der Waals surface area contributed by atoms with Crippen LogP contribution in [0.15, 0.2) is 48.5 Å². The summed E-state index contributed by atoms with van der Waals surface area (Å²) >= 11 is 0. The molecule has 0 radical (unpaired) electrons. The van der Waals surface area contributed by atoms with Crippen LogP contribution in [0.1, 0.15) is 45.7 Å². The van der Waals surface area contributed by atoms with E-state index in [9.17, 15) is 0 Å². The molecule has 0 N–H and O–H groups in total. The Morgan fingerprint density at radius 1 is 0.913 bits per heavy atom. The van der Waals surface area contributed by atoms with Gasteiger partial charge in [-0.3, -0.25) is 0 Å². The molecule has 0 saturated carbocycles. The molecule has 2 nitrogen and oxygen atoms in total. The first-order valence-electron chi connectivity index (χ1n) is 8.51. The van der Waals surface area contributed by atoms with Crippen molar-refractivity contribution in [3.63, 3.8) is 0 Å². The van der Waals surface area contributed by atoms with Gasteiger partial charge >= 0.3 is 0 Å². The smallest absolute Gasteiger partial charge is 0.121 e. The molecule has 0 aliphatic rings. The fourth-order valence-electron chi connectivity index (χ4n) is 2.63. The largest absolute Gasteiger partial charge is 0.489 e. The molecule has 0 amide bonds. The van der Waals surface area contributed by atoms with Gasteiger partial charge in [-0.15, -0.1) is 0 Å². The van der Waals surface area contributed by atoms with Crippen molar-refractivity contribution in [1.82, 2.24) is 0 Å². The maximum absolute atomic E-state index is 5.97. The summed E-state index contributed by atoms with van der Waals surface area (Å²) in [4.78, 5) is 2.32. The molecule has 2 heteroatoms. The number of ether oxygens (including phenoxy) is 1. The summed E-state index contributed by atoms with van der Waals surface area (Å²) in [5.74, 6) is 0.925. The van der Waals surface area contributed by atoms with Crippen molar-refractivity contribution in [2.75, 3.05) is 18.0 Å². The minimum absolute atomic E-state index is 0.192. The predicted molar refractivity (Wildman–Crippen MR) is 99.5 cm³/mol. The van der Waals surface area contributed by atoms with Crippen LogP contribution in [-0.2, 0) is 12.0 Å². The van der Waals surface area contributed by atoms with Crippen LogP contribution in [0.5, 0.6) is 5.75 Å².